The van der Waals surface area contributed by atoms with Crippen LogP contribution < -0.4 is 5.32 Å². The molecule has 3 heterocycles. The molecule has 1 aliphatic rings. The largest absolute Gasteiger partial charge is 0.349 e. The van der Waals surface area contributed by atoms with Crippen molar-refractivity contribution >= 4 is 17.2 Å². The first-order valence-electron chi connectivity index (χ1n) is 9.91. The highest BCUT2D eigenvalue weighted by Crippen LogP contribution is 2.23. The van der Waals surface area contributed by atoms with Gasteiger partial charge in [-0.25, -0.2) is 9.67 Å². The zero-order valence-corrected chi connectivity index (χ0v) is 17.3. The van der Waals surface area contributed by atoms with Gasteiger partial charge in [0.15, 0.2) is 5.82 Å². The molecule has 0 atom stereocenters. The van der Waals surface area contributed by atoms with Crippen molar-refractivity contribution in [3.63, 3.8) is 0 Å². The fourth-order valence-corrected chi connectivity index (χ4v) is 4.19. The van der Waals surface area contributed by atoms with E-state index in [-0.39, 0.29) is 12.5 Å². The second kappa shape index (κ2) is 9.23. The summed E-state index contributed by atoms with van der Waals surface area (Å²) < 4.78 is 1.59. The highest BCUT2D eigenvalue weighted by atomic mass is 32.1. The lowest BCUT2D eigenvalue weighted by Gasteiger charge is -2.29. The first kappa shape index (κ1) is 19.7. The SMILES string of the molecule is CC1CCN(Cc2nnnn2CC(=O)NCc2csc(-c3ccccc3)n2)CC1. The lowest BCUT2D eigenvalue weighted by molar-refractivity contribution is -0.122. The molecule has 0 bridgehead atoms. The summed E-state index contributed by atoms with van der Waals surface area (Å²) in [6, 6.07) is 10.0. The van der Waals surface area contributed by atoms with Gasteiger partial charge in [0.25, 0.3) is 0 Å². The van der Waals surface area contributed by atoms with E-state index in [9.17, 15) is 4.79 Å². The summed E-state index contributed by atoms with van der Waals surface area (Å²) in [6.45, 7) is 5.57. The van der Waals surface area contributed by atoms with Crippen LogP contribution in [-0.2, 0) is 24.4 Å². The first-order valence-corrected chi connectivity index (χ1v) is 10.8. The first-order chi connectivity index (χ1) is 14.2. The molecule has 3 aromatic rings. The highest BCUT2D eigenvalue weighted by molar-refractivity contribution is 7.13. The van der Waals surface area contributed by atoms with Gasteiger partial charge in [0.1, 0.15) is 11.6 Å². The third kappa shape index (κ3) is 5.24. The smallest absolute Gasteiger partial charge is 0.242 e. The average Bonchev–Trinajstić information content (AvgIpc) is 3.39. The molecule has 4 rings (SSSR count). The quantitative estimate of drug-likeness (QED) is 0.642. The number of tetrazole rings is 1. The maximum Gasteiger partial charge on any atom is 0.242 e. The number of nitrogens with one attached hydrogen (secondary N) is 1. The van der Waals surface area contributed by atoms with E-state index in [0.717, 1.165) is 41.1 Å². The number of carbonyl (C=O) groups is 1. The molecule has 0 unspecified atom stereocenters. The lowest BCUT2D eigenvalue weighted by Crippen LogP contribution is -2.34. The molecule has 1 N–H and O–H groups in total. The van der Waals surface area contributed by atoms with Gasteiger partial charge >= 0.3 is 0 Å². The summed E-state index contributed by atoms with van der Waals surface area (Å²) in [6.07, 6.45) is 2.39. The topological polar surface area (TPSA) is 88.8 Å². The Hall–Kier alpha value is -2.65. The van der Waals surface area contributed by atoms with Crippen molar-refractivity contribution < 1.29 is 4.79 Å². The van der Waals surface area contributed by atoms with E-state index >= 15 is 0 Å². The number of hydrogen-bond donors (Lipinski definition) is 1. The minimum atomic E-state index is -0.125. The van der Waals surface area contributed by atoms with E-state index in [1.165, 1.54) is 12.8 Å². The van der Waals surface area contributed by atoms with Crippen LogP contribution >= 0.6 is 11.3 Å². The molecule has 8 nitrogen and oxygen atoms in total. The van der Waals surface area contributed by atoms with Gasteiger partial charge in [-0.3, -0.25) is 9.69 Å². The number of carbonyl (C=O) groups excluding carboxylic acids is 1. The van der Waals surface area contributed by atoms with Crippen molar-refractivity contribution in [2.45, 2.75) is 39.4 Å². The number of benzene rings is 1. The standard InChI is InChI=1S/C20H25N7OS/c1-15-7-9-26(10-8-15)12-18-23-24-25-27(18)13-19(28)21-11-17-14-29-20(22-17)16-5-3-2-4-6-16/h2-6,14-15H,7-13H2,1H3,(H,21,28). The Kier molecular flexibility index (Phi) is 6.26. The summed E-state index contributed by atoms with van der Waals surface area (Å²) in [7, 11) is 0. The van der Waals surface area contributed by atoms with Crippen molar-refractivity contribution in [2.24, 2.45) is 5.92 Å². The molecule has 1 fully saturated rings. The van der Waals surface area contributed by atoms with Gasteiger partial charge in [-0.05, 0) is 42.3 Å². The van der Waals surface area contributed by atoms with Crippen LogP contribution in [0.15, 0.2) is 35.7 Å². The molecule has 29 heavy (non-hydrogen) atoms. The van der Waals surface area contributed by atoms with Crippen LogP contribution in [0.25, 0.3) is 10.6 Å². The van der Waals surface area contributed by atoms with E-state index < -0.39 is 0 Å². The number of hydrogen-bond acceptors (Lipinski definition) is 7. The minimum Gasteiger partial charge on any atom is -0.349 e. The monoisotopic (exact) mass is 411 g/mol. The Balaban J connectivity index is 1.28. The molecule has 1 aromatic carbocycles. The van der Waals surface area contributed by atoms with Gasteiger partial charge in [-0.1, -0.05) is 37.3 Å². The fourth-order valence-electron chi connectivity index (χ4n) is 3.36. The van der Waals surface area contributed by atoms with Crippen LogP contribution in [0.3, 0.4) is 0 Å². The molecule has 1 saturated heterocycles. The van der Waals surface area contributed by atoms with E-state index in [4.69, 9.17) is 0 Å². The Labute approximate surface area is 174 Å². The number of rotatable bonds is 7. The zero-order chi connectivity index (χ0) is 20.1. The molecule has 0 spiro atoms. The molecule has 0 saturated carbocycles. The summed E-state index contributed by atoms with van der Waals surface area (Å²) in [5, 5.41) is 17.7. The van der Waals surface area contributed by atoms with Gasteiger partial charge in [-0.2, -0.15) is 0 Å². The van der Waals surface area contributed by atoms with E-state index in [1.807, 2.05) is 35.7 Å². The molecule has 9 heteroatoms. The summed E-state index contributed by atoms with van der Waals surface area (Å²) in [4.78, 5) is 19.3. The Morgan fingerprint density at radius 1 is 1.24 bits per heavy atom. The van der Waals surface area contributed by atoms with Gasteiger partial charge in [0.05, 0.1) is 18.8 Å². The predicted octanol–water partition coefficient (Wildman–Crippen LogP) is 2.34. The molecule has 1 aliphatic heterocycles. The molecule has 0 aliphatic carbocycles. The predicted molar refractivity (Wildman–Crippen MR) is 111 cm³/mol. The number of amides is 1. The van der Waals surface area contributed by atoms with Gasteiger partial charge < -0.3 is 5.32 Å². The molecule has 152 valence electrons. The van der Waals surface area contributed by atoms with Gasteiger partial charge in [-0.15, -0.1) is 16.4 Å². The van der Waals surface area contributed by atoms with E-state index in [2.05, 4.69) is 37.6 Å². The van der Waals surface area contributed by atoms with Crippen LogP contribution in [0.5, 0.6) is 0 Å². The highest BCUT2D eigenvalue weighted by Gasteiger charge is 2.19. The Bertz CT molecular complexity index is 931. The van der Waals surface area contributed by atoms with Crippen molar-refractivity contribution in [1.29, 1.82) is 0 Å². The number of aromatic nitrogens is 5. The van der Waals surface area contributed by atoms with E-state index in [0.29, 0.717) is 13.1 Å². The Morgan fingerprint density at radius 3 is 2.83 bits per heavy atom. The number of nitrogens with zero attached hydrogens (tertiary/aromatic N) is 6. The maximum absolute atomic E-state index is 12.4. The van der Waals surface area contributed by atoms with Crippen LogP contribution in [0.4, 0.5) is 0 Å². The normalized spacial score (nSPS) is 15.5. The van der Waals surface area contributed by atoms with Crippen LogP contribution in [0, 0.1) is 5.92 Å². The fraction of sp³-hybridized carbons (Fsp3) is 0.450. The third-order valence-corrected chi connectivity index (χ3v) is 6.12. The number of piperidine rings is 1. The average molecular weight is 412 g/mol. The van der Waals surface area contributed by atoms with E-state index in [1.54, 1.807) is 16.0 Å². The summed E-state index contributed by atoms with van der Waals surface area (Å²) in [5.41, 5.74) is 1.93. The van der Waals surface area contributed by atoms with Gasteiger partial charge in [0, 0.05) is 10.9 Å². The lowest BCUT2D eigenvalue weighted by atomic mass is 9.99. The second-order valence-electron chi connectivity index (χ2n) is 7.50. The van der Waals surface area contributed by atoms with Crippen LogP contribution in [0.1, 0.15) is 31.3 Å². The van der Waals surface area contributed by atoms with Crippen LogP contribution in [-0.4, -0.2) is 49.1 Å². The minimum absolute atomic E-state index is 0.113. The molecule has 2 aromatic heterocycles. The van der Waals surface area contributed by atoms with Gasteiger partial charge in [0.2, 0.25) is 5.91 Å². The summed E-state index contributed by atoms with van der Waals surface area (Å²) in [5.74, 6) is 1.39. The molecule has 0 radical (unpaired) electrons. The third-order valence-electron chi connectivity index (χ3n) is 5.18. The number of thiazole rings is 1. The zero-order valence-electron chi connectivity index (χ0n) is 16.5. The van der Waals surface area contributed by atoms with Crippen molar-refractivity contribution in [3.05, 3.63) is 47.2 Å². The number of likely N-dealkylation sites (tertiary alicyclic amines) is 1. The second-order valence-corrected chi connectivity index (χ2v) is 8.36. The van der Waals surface area contributed by atoms with Crippen molar-refractivity contribution in [2.75, 3.05) is 13.1 Å². The molecular formula is C20H25N7OS. The maximum atomic E-state index is 12.4. The Morgan fingerprint density at radius 2 is 2.03 bits per heavy atom. The van der Waals surface area contributed by atoms with Crippen molar-refractivity contribution in [3.8, 4) is 10.6 Å². The molecular weight excluding hydrogens is 386 g/mol. The van der Waals surface area contributed by atoms with Crippen LogP contribution in [0.2, 0.25) is 0 Å². The summed E-state index contributed by atoms with van der Waals surface area (Å²) >= 11 is 1.58. The van der Waals surface area contributed by atoms with Crippen molar-refractivity contribution in [1.82, 2.24) is 35.4 Å². The molecule has 1 amide bonds.